The van der Waals surface area contributed by atoms with Crippen LogP contribution in [0.25, 0.3) is 0 Å². The van der Waals surface area contributed by atoms with Crippen molar-refractivity contribution >= 4 is 11.7 Å². The van der Waals surface area contributed by atoms with Crippen molar-refractivity contribution in [2.45, 2.75) is 39.2 Å². The lowest BCUT2D eigenvalue weighted by molar-refractivity contribution is -0.118. The van der Waals surface area contributed by atoms with Crippen LogP contribution in [-0.4, -0.2) is 16.7 Å². The van der Waals surface area contributed by atoms with Gasteiger partial charge in [0, 0.05) is 12.0 Å². The molecule has 1 aromatic heterocycles. The minimum atomic E-state index is -0.654. The Morgan fingerprint density at radius 3 is 2.53 bits per heavy atom. The van der Waals surface area contributed by atoms with Crippen LogP contribution in [0.3, 0.4) is 0 Å². The van der Waals surface area contributed by atoms with Crippen molar-refractivity contribution in [3.05, 3.63) is 113 Å². The fourth-order valence-electron chi connectivity index (χ4n) is 5.03. The lowest BCUT2D eigenvalue weighted by Gasteiger charge is -2.43. The SMILES string of the molecule is CC1(C)CC(=O)C2=C(C1)N(NC(=O)c1ccco1)C(N)=C(C#N)C2c1ccc(OCc2ccccc2)cc1. The molecule has 38 heavy (non-hydrogen) atoms. The van der Waals surface area contributed by atoms with Crippen LogP contribution in [0.15, 0.2) is 100 Å². The van der Waals surface area contributed by atoms with E-state index in [1.165, 1.54) is 17.3 Å². The number of nitrogens with one attached hydrogen (secondary N) is 1. The van der Waals surface area contributed by atoms with E-state index in [0.717, 1.165) is 11.1 Å². The van der Waals surface area contributed by atoms with E-state index in [1.807, 2.05) is 68.4 Å². The minimum absolute atomic E-state index is 0.0751. The molecule has 192 valence electrons. The Morgan fingerprint density at radius 1 is 1.13 bits per heavy atom. The maximum Gasteiger partial charge on any atom is 0.305 e. The van der Waals surface area contributed by atoms with Crippen molar-refractivity contribution in [2.75, 3.05) is 0 Å². The second-order valence-electron chi connectivity index (χ2n) is 10.2. The van der Waals surface area contributed by atoms with Crippen molar-refractivity contribution in [3.63, 3.8) is 0 Å². The summed E-state index contributed by atoms with van der Waals surface area (Å²) in [6, 6.07) is 22.5. The van der Waals surface area contributed by atoms with Gasteiger partial charge in [-0.05, 0) is 47.2 Å². The molecule has 3 N–H and O–H groups in total. The van der Waals surface area contributed by atoms with E-state index >= 15 is 0 Å². The highest BCUT2D eigenvalue weighted by Crippen LogP contribution is 2.48. The Bertz CT molecular complexity index is 1460. The van der Waals surface area contributed by atoms with Crippen LogP contribution in [0.2, 0.25) is 0 Å². The summed E-state index contributed by atoms with van der Waals surface area (Å²) in [6.07, 6.45) is 2.20. The van der Waals surface area contributed by atoms with Gasteiger partial charge in [0.15, 0.2) is 11.5 Å². The fourth-order valence-corrected chi connectivity index (χ4v) is 5.03. The summed E-state index contributed by atoms with van der Waals surface area (Å²) in [7, 11) is 0. The number of carbonyl (C=O) groups is 2. The number of Topliss-reactive ketones (excluding diaryl/α,β-unsaturated/α-hetero) is 1. The molecular formula is C30H28N4O4. The Balaban J connectivity index is 1.50. The molecule has 2 aromatic carbocycles. The number of rotatable bonds is 6. The Hall–Kier alpha value is -4.77. The highest BCUT2D eigenvalue weighted by atomic mass is 16.5. The first-order valence-corrected chi connectivity index (χ1v) is 12.3. The molecule has 1 aliphatic heterocycles. The van der Waals surface area contributed by atoms with Crippen molar-refractivity contribution in [2.24, 2.45) is 11.1 Å². The summed E-state index contributed by atoms with van der Waals surface area (Å²) in [4.78, 5) is 26.4. The predicted octanol–water partition coefficient (Wildman–Crippen LogP) is 4.94. The normalized spacial score (nSPS) is 18.6. The van der Waals surface area contributed by atoms with Gasteiger partial charge in [-0.1, -0.05) is 56.3 Å². The Labute approximate surface area is 221 Å². The molecule has 0 saturated heterocycles. The number of amides is 1. The Morgan fingerprint density at radius 2 is 1.87 bits per heavy atom. The second-order valence-corrected chi connectivity index (χ2v) is 10.2. The van der Waals surface area contributed by atoms with Crippen LogP contribution in [0.4, 0.5) is 0 Å². The van der Waals surface area contributed by atoms with Gasteiger partial charge in [0.25, 0.3) is 0 Å². The molecule has 0 saturated carbocycles. The minimum Gasteiger partial charge on any atom is -0.489 e. The molecule has 2 heterocycles. The highest BCUT2D eigenvalue weighted by Gasteiger charge is 2.45. The zero-order valence-electron chi connectivity index (χ0n) is 21.2. The average molecular weight is 509 g/mol. The number of ether oxygens (including phenoxy) is 1. The maximum atomic E-state index is 13.6. The van der Waals surface area contributed by atoms with Gasteiger partial charge >= 0.3 is 5.91 Å². The zero-order valence-corrected chi connectivity index (χ0v) is 21.2. The summed E-state index contributed by atoms with van der Waals surface area (Å²) in [5, 5.41) is 11.5. The van der Waals surface area contributed by atoms with Gasteiger partial charge in [-0.25, -0.2) is 5.01 Å². The van der Waals surface area contributed by atoms with Crippen LogP contribution in [-0.2, 0) is 11.4 Å². The third-order valence-corrected chi connectivity index (χ3v) is 6.80. The summed E-state index contributed by atoms with van der Waals surface area (Å²) >= 11 is 0. The van der Waals surface area contributed by atoms with Crippen LogP contribution in [0.1, 0.15) is 54.3 Å². The Kier molecular flexibility index (Phi) is 6.52. The number of nitrogens with two attached hydrogens (primary N) is 1. The summed E-state index contributed by atoms with van der Waals surface area (Å²) < 4.78 is 11.1. The number of hydrogen-bond acceptors (Lipinski definition) is 7. The molecule has 3 aromatic rings. The van der Waals surface area contributed by atoms with Crippen LogP contribution in [0, 0.1) is 16.7 Å². The number of ketones is 1. The molecule has 1 atom stereocenters. The summed E-state index contributed by atoms with van der Waals surface area (Å²) in [6.45, 7) is 4.41. The van der Waals surface area contributed by atoms with Crippen LogP contribution in [0.5, 0.6) is 5.75 Å². The van der Waals surface area contributed by atoms with E-state index in [9.17, 15) is 14.9 Å². The molecule has 8 heteroatoms. The molecule has 0 spiro atoms. The van der Waals surface area contributed by atoms with Crippen LogP contribution < -0.4 is 15.9 Å². The first-order chi connectivity index (χ1) is 18.3. The van der Waals surface area contributed by atoms with Gasteiger partial charge in [0.05, 0.1) is 29.5 Å². The van der Waals surface area contributed by atoms with Crippen molar-refractivity contribution in [1.82, 2.24) is 10.4 Å². The second kappa shape index (κ2) is 9.94. The standard InChI is InChI=1S/C30H28N4O4/c1-30(2)15-23-27(24(35)16-30)26(20-10-12-21(13-11-20)38-18-19-7-4-3-5-8-19)22(17-31)28(32)34(23)33-29(36)25-9-6-14-37-25/h3-14,26H,15-16,18,32H2,1-2H3,(H,33,36). The van der Waals surface area contributed by atoms with Gasteiger partial charge < -0.3 is 14.9 Å². The molecule has 1 amide bonds. The molecule has 1 unspecified atom stereocenters. The molecule has 8 nitrogen and oxygen atoms in total. The van der Waals surface area contributed by atoms with Crippen molar-refractivity contribution < 1.29 is 18.7 Å². The number of furan rings is 1. The monoisotopic (exact) mass is 508 g/mol. The number of nitriles is 1. The molecule has 1 aliphatic carbocycles. The zero-order chi connectivity index (χ0) is 26.9. The third-order valence-electron chi connectivity index (χ3n) is 6.80. The van der Waals surface area contributed by atoms with Crippen LogP contribution >= 0.6 is 0 Å². The van der Waals surface area contributed by atoms with Gasteiger partial charge in [-0.2, -0.15) is 5.26 Å². The van der Waals surface area contributed by atoms with Crippen molar-refractivity contribution in [1.29, 1.82) is 5.26 Å². The molecular weight excluding hydrogens is 480 g/mol. The molecule has 0 radical (unpaired) electrons. The average Bonchev–Trinajstić information content (AvgIpc) is 3.44. The van der Waals surface area contributed by atoms with Gasteiger partial charge in [0.1, 0.15) is 18.2 Å². The van der Waals surface area contributed by atoms with Crippen molar-refractivity contribution in [3.8, 4) is 11.8 Å². The lowest BCUT2D eigenvalue weighted by Crippen LogP contribution is -2.49. The molecule has 5 rings (SSSR count). The first kappa shape index (κ1) is 24.9. The summed E-state index contributed by atoms with van der Waals surface area (Å²) in [5.74, 6) is -0.432. The quantitative estimate of drug-likeness (QED) is 0.484. The van der Waals surface area contributed by atoms with Gasteiger partial charge in [0.2, 0.25) is 0 Å². The molecule has 0 fully saturated rings. The number of nitrogens with zero attached hydrogens (tertiary/aromatic N) is 2. The third kappa shape index (κ3) is 4.78. The number of benzene rings is 2. The van der Waals surface area contributed by atoms with Gasteiger partial charge in [-0.15, -0.1) is 0 Å². The highest BCUT2D eigenvalue weighted by molar-refractivity contribution is 6.00. The molecule has 0 bridgehead atoms. The van der Waals surface area contributed by atoms with E-state index in [0.29, 0.717) is 36.5 Å². The maximum absolute atomic E-state index is 13.6. The van der Waals surface area contributed by atoms with E-state index < -0.39 is 11.8 Å². The smallest absolute Gasteiger partial charge is 0.305 e. The number of carbonyl (C=O) groups excluding carboxylic acids is 2. The van der Waals surface area contributed by atoms with E-state index in [1.54, 1.807) is 6.07 Å². The van der Waals surface area contributed by atoms with E-state index in [4.69, 9.17) is 14.9 Å². The number of hydrogen-bond donors (Lipinski definition) is 2. The van der Waals surface area contributed by atoms with E-state index in [-0.39, 0.29) is 28.4 Å². The number of allylic oxidation sites excluding steroid dienone is 3. The predicted molar refractivity (Wildman–Crippen MR) is 140 cm³/mol. The lowest BCUT2D eigenvalue weighted by atomic mass is 9.69. The summed E-state index contributed by atoms with van der Waals surface area (Å²) in [5.41, 5.74) is 11.9. The molecule has 2 aliphatic rings. The number of hydrazine groups is 1. The topological polar surface area (TPSA) is 122 Å². The fraction of sp³-hybridized carbons (Fsp3) is 0.233. The largest absolute Gasteiger partial charge is 0.489 e. The van der Waals surface area contributed by atoms with E-state index in [2.05, 4.69) is 11.5 Å². The van der Waals surface area contributed by atoms with Gasteiger partial charge in [-0.3, -0.25) is 15.0 Å². The first-order valence-electron chi connectivity index (χ1n) is 12.3.